The zero-order valence-corrected chi connectivity index (χ0v) is 20.7. The first-order chi connectivity index (χ1) is 13.9. The molecule has 1 aromatic heterocycles. The Kier molecular flexibility index (Phi) is 9.10. The van der Waals surface area contributed by atoms with E-state index in [0.717, 1.165) is 36.4 Å². The van der Waals surface area contributed by atoms with Crippen LogP contribution in [0.15, 0.2) is 44.7 Å². The first-order valence-corrected chi connectivity index (χ1v) is 11.4. The third-order valence-corrected chi connectivity index (χ3v) is 6.03. The number of hydrogen-bond donors (Lipinski definition) is 3. The summed E-state index contributed by atoms with van der Waals surface area (Å²) < 4.78 is 32.5. The average Bonchev–Trinajstić information content (AvgIpc) is 3.35. The highest BCUT2D eigenvalue weighted by atomic mass is 127. The fourth-order valence-corrected chi connectivity index (χ4v) is 3.93. The molecule has 2 aromatic rings. The Hall–Kier alpha value is -1.66. The molecule has 0 spiro atoms. The van der Waals surface area contributed by atoms with Crippen LogP contribution in [0.5, 0.6) is 0 Å². The van der Waals surface area contributed by atoms with E-state index in [1.54, 1.807) is 24.3 Å². The Morgan fingerprint density at radius 2 is 1.93 bits per heavy atom. The lowest BCUT2D eigenvalue weighted by molar-refractivity contribution is 0.372. The van der Waals surface area contributed by atoms with Gasteiger partial charge in [0.2, 0.25) is 10.0 Å². The molecule has 1 saturated carbocycles. The van der Waals surface area contributed by atoms with Crippen molar-refractivity contribution in [1.82, 2.24) is 20.5 Å². The van der Waals surface area contributed by atoms with Gasteiger partial charge >= 0.3 is 0 Å². The standard InChI is InChI=1S/C20H29N5O3S.HI/c1-4-21-20(23-13-17-11-19(14(2)3)24-28-17)22-12-15-5-9-18(10-6-15)29(26,27)25-16-7-8-16;/h5-6,9-11,14,16,25H,4,7-8,12-13H2,1-3H3,(H2,21,22,23);1H. The third kappa shape index (κ3) is 7.24. The van der Waals surface area contributed by atoms with Crippen molar-refractivity contribution >= 4 is 40.0 Å². The highest BCUT2D eigenvalue weighted by Crippen LogP contribution is 2.22. The lowest BCUT2D eigenvalue weighted by Gasteiger charge is -2.10. The van der Waals surface area contributed by atoms with Gasteiger partial charge in [-0.25, -0.2) is 18.1 Å². The van der Waals surface area contributed by atoms with Crippen molar-refractivity contribution in [3.05, 3.63) is 47.3 Å². The fourth-order valence-electron chi connectivity index (χ4n) is 2.63. The van der Waals surface area contributed by atoms with Crippen LogP contribution in [0, 0.1) is 0 Å². The van der Waals surface area contributed by atoms with Crippen molar-refractivity contribution in [2.45, 2.75) is 63.6 Å². The number of rotatable bonds is 9. The van der Waals surface area contributed by atoms with Crippen molar-refractivity contribution in [3.63, 3.8) is 0 Å². The van der Waals surface area contributed by atoms with Crippen LogP contribution in [0.2, 0.25) is 0 Å². The highest BCUT2D eigenvalue weighted by Gasteiger charge is 2.27. The van der Waals surface area contributed by atoms with Gasteiger partial charge in [-0.2, -0.15) is 0 Å². The van der Waals surface area contributed by atoms with E-state index in [-0.39, 0.29) is 34.9 Å². The van der Waals surface area contributed by atoms with E-state index < -0.39 is 10.0 Å². The Labute approximate surface area is 195 Å². The van der Waals surface area contributed by atoms with Gasteiger partial charge in [-0.15, -0.1) is 24.0 Å². The maximum atomic E-state index is 12.2. The Bertz CT molecular complexity index is 938. The van der Waals surface area contributed by atoms with Gasteiger partial charge in [0.1, 0.15) is 0 Å². The maximum absolute atomic E-state index is 12.2. The van der Waals surface area contributed by atoms with Gasteiger partial charge in [0.15, 0.2) is 11.7 Å². The van der Waals surface area contributed by atoms with Gasteiger partial charge < -0.3 is 15.2 Å². The number of hydrogen-bond acceptors (Lipinski definition) is 5. The van der Waals surface area contributed by atoms with E-state index in [0.29, 0.717) is 25.0 Å². The highest BCUT2D eigenvalue weighted by molar-refractivity contribution is 14.0. The van der Waals surface area contributed by atoms with Crippen molar-refractivity contribution < 1.29 is 12.9 Å². The lowest BCUT2D eigenvalue weighted by atomic mass is 10.1. The normalized spacial score (nSPS) is 14.5. The molecule has 10 heteroatoms. The van der Waals surface area contributed by atoms with Crippen LogP contribution < -0.4 is 15.4 Å². The van der Waals surface area contributed by atoms with E-state index >= 15 is 0 Å². The zero-order chi connectivity index (χ0) is 20.9. The first kappa shape index (κ1) is 24.6. The van der Waals surface area contributed by atoms with Crippen LogP contribution in [-0.2, 0) is 23.1 Å². The summed E-state index contributed by atoms with van der Waals surface area (Å²) in [6, 6.07) is 8.87. The predicted octanol–water partition coefficient (Wildman–Crippen LogP) is 3.11. The van der Waals surface area contributed by atoms with Crippen LogP contribution in [0.4, 0.5) is 0 Å². The Balaban J connectivity index is 0.00000320. The molecule has 8 nitrogen and oxygen atoms in total. The molecule has 0 amide bonds. The molecule has 0 atom stereocenters. The molecule has 1 aliphatic rings. The van der Waals surface area contributed by atoms with Gasteiger partial charge in [0.25, 0.3) is 0 Å². The molecule has 0 saturated heterocycles. The van der Waals surface area contributed by atoms with Crippen LogP contribution >= 0.6 is 24.0 Å². The predicted molar refractivity (Wildman–Crippen MR) is 127 cm³/mol. The molecule has 0 bridgehead atoms. The zero-order valence-electron chi connectivity index (χ0n) is 17.5. The van der Waals surface area contributed by atoms with Crippen molar-refractivity contribution in [2.75, 3.05) is 6.54 Å². The largest absolute Gasteiger partial charge is 0.359 e. The van der Waals surface area contributed by atoms with Crippen molar-refractivity contribution in [3.8, 4) is 0 Å². The number of sulfonamides is 1. The van der Waals surface area contributed by atoms with Crippen LogP contribution in [0.25, 0.3) is 0 Å². The molecule has 166 valence electrons. The fraction of sp³-hybridized carbons (Fsp3) is 0.500. The molecule has 3 rings (SSSR count). The van der Waals surface area contributed by atoms with E-state index in [2.05, 4.69) is 39.4 Å². The molecule has 30 heavy (non-hydrogen) atoms. The summed E-state index contributed by atoms with van der Waals surface area (Å²) in [7, 11) is -3.42. The molecule has 1 fully saturated rings. The topological polar surface area (TPSA) is 109 Å². The van der Waals surface area contributed by atoms with Crippen LogP contribution in [-0.4, -0.2) is 32.1 Å². The molecule has 0 aliphatic heterocycles. The number of halogens is 1. The SMILES string of the molecule is CCNC(=NCc1ccc(S(=O)(=O)NC2CC2)cc1)NCc1cc(C(C)C)no1.I. The number of aromatic nitrogens is 1. The quantitative estimate of drug-likeness (QED) is 0.253. The first-order valence-electron chi connectivity index (χ1n) is 9.96. The summed E-state index contributed by atoms with van der Waals surface area (Å²) in [5.74, 6) is 1.72. The van der Waals surface area contributed by atoms with Crippen LogP contribution in [0.1, 0.15) is 56.5 Å². The van der Waals surface area contributed by atoms with Gasteiger partial charge in [0.05, 0.1) is 23.7 Å². The number of aliphatic imine (C=N–C) groups is 1. The smallest absolute Gasteiger partial charge is 0.240 e. The summed E-state index contributed by atoms with van der Waals surface area (Å²) in [6.07, 6.45) is 1.83. The van der Waals surface area contributed by atoms with Gasteiger partial charge in [-0.05, 0) is 43.4 Å². The second-order valence-electron chi connectivity index (χ2n) is 7.46. The van der Waals surface area contributed by atoms with Gasteiger partial charge in [-0.3, -0.25) is 0 Å². The van der Waals surface area contributed by atoms with E-state index in [4.69, 9.17) is 4.52 Å². The van der Waals surface area contributed by atoms with Crippen LogP contribution in [0.3, 0.4) is 0 Å². The molecular weight excluding hydrogens is 517 g/mol. The Morgan fingerprint density at radius 3 is 2.50 bits per heavy atom. The number of nitrogens with one attached hydrogen (secondary N) is 3. The Morgan fingerprint density at radius 1 is 1.23 bits per heavy atom. The van der Waals surface area contributed by atoms with Gasteiger partial charge in [0, 0.05) is 18.7 Å². The number of benzene rings is 1. The number of nitrogens with zero attached hydrogens (tertiary/aromatic N) is 2. The van der Waals surface area contributed by atoms with E-state index in [1.807, 2.05) is 13.0 Å². The maximum Gasteiger partial charge on any atom is 0.240 e. The minimum absolute atomic E-state index is 0. The lowest BCUT2D eigenvalue weighted by Crippen LogP contribution is -2.36. The summed E-state index contributed by atoms with van der Waals surface area (Å²) >= 11 is 0. The summed E-state index contributed by atoms with van der Waals surface area (Å²) in [5, 5.41) is 10.5. The average molecular weight is 547 g/mol. The number of guanidine groups is 1. The van der Waals surface area contributed by atoms with Gasteiger partial charge in [-0.1, -0.05) is 31.1 Å². The molecule has 3 N–H and O–H groups in total. The molecule has 1 aliphatic carbocycles. The minimum Gasteiger partial charge on any atom is -0.359 e. The van der Waals surface area contributed by atoms with E-state index in [9.17, 15) is 8.42 Å². The molecule has 1 aromatic carbocycles. The summed E-state index contributed by atoms with van der Waals surface area (Å²) in [4.78, 5) is 4.84. The molecule has 0 unspecified atom stereocenters. The molecule has 0 radical (unpaired) electrons. The second kappa shape index (κ2) is 11.1. The molecule has 1 heterocycles. The monoisotopic (exact) mass is 547 g/mol. The van der Waals surface area contributed by atoms with E-state index in [1.165, 1.54) is 0 Å². The van der Waals surface area contributed by atoms with Crippen molar-refractivity contribution in [2.24, 2.45) is 4.99 Å². The second-order valence-corrected chi connectivity index (χ2v) is 9.18. The minimum atomic E-state index is -3.42. The van der Waals surface area contributed by atoms with Crippen molar-refractivity contribution in [1.29, 1.82) is 0 Å². The third-order valence-electron chi connectivity index (χ3n) is 4.50. The molecular formula is C20H30IN5O3S. The summed E-state index contributed by atoms with van der Waals surface area (Å²) in [6.45, 7) is 7.77. The summed E-state index contributed by atoms with van der Waals surface area (Å²) in [5.41, 5.74) is 1.85.